The molecule has 0 radical (unpaired) electrons. The molecule has 0 saturated heterocycles. The van der Waals surface area contributed by atoms with Crippen molar-refractivity contribution < 1.29 is 0 Å². The first-order valence-corrected chi connectivity index (χ1v) is 7.94. The van der Waals surface area contributed by atoms with Gasteiger partial charge in [-0.2, -0.15) is 31.6 Å². The summed E-state index contributed by atoms with van der Waals surface area (Å²) < 4.78 is 0. The number of fused-ring (bicyclic) bond motifs is 6. The number of aliphatic imine (C=N–C) groups is 1. The first kappa shape index (κ1) is 17.7. The third kappa shape index (κ3) is 2.30. The Morgan fingerprint density at radius 2 is 1.13 bits per heavy atom. The predicted molar refractivity (Wildman–Crippen MR) is 92.6 cm³/mol. The summed E-state index contributed by atoms with van der Waals surface area (Å²) in [4.78, 5) is 20.8. The number of allylic oxidation sites excluding steroid dienone is 2. The highest BCUT2D eigenvalue weighted by Gasteiger charge is 2.40. The average Bonchev–Trinajstić information content (AvgIpc) is 2.81. The molecular weight excluding hydrogens is 384 g/mol. The van der Waals surface area contributed by atoms with Gasteiger partial charge in [0.2, 0.25) is 0 Å². The van der Waals surface area contributed by atoms with E-state index in [1.165, 1.54) is 0 Å². The van der Waals surface area contributed by atoms with Gasteiger partial charge in [0.25, 0.3) is 0 Å². The van der Waals surface area contributed by atoms with E-state index in [2.05, 4.69) is 30.2 Å². The third-order valence-electron chi connectivity index (χ3n) is 4.23. The van der Waals surface area contributed by atoms with Crippen LogP contribution in [0.15, 0.2) is 16.4 Å². The standard InChI is InChI=1S/C18H2N12/c19-1-7-8(2-20)26-14-13(25-7)15-17(29-10(4-22)9(3-21)27-15)18-16(14)28-11(5-23)12(6-24)30-18/h13,25H. The molecule has 0 saturated carbocycles. The van der Waals surface area contributed by atoms with E-state index in [1.807, 2.05) is 6.07 Å². The van der Waals surface area contributed by atoms with Gasteiger partial charge in [-0.15, -0.1) is 0 Å². The van der Waals surface area contributed by atoms with Crippen LogP contribution in [0.1, 0.15) is 40.2 Å². The summed E-state index contributed by atoms with van der Waals surface area (Å²) >= 11 is 0. The highest BCUT2D eigenvalue weighted by Crippen LogP contribution is 2.38. The molecule has 1 atom stereocenters. The molecule has 1 aliphatic heterocycles. The number of aromatic nitrogens is 4. The molecule has 0 spiro atoms. The van der Waals surface area contributed by atoms with Crippen molar-refractivity contribution in [3.63, 3.8) is 0 Å². The molecule has 0 bridgehead atoms. The number of nitrogens with zero attached hydrogens (tertiary/aromatic N) is 11. The highest BCUT2D eigenvalue weighted by molar-refractivity contribution is 6.11. The van der Waals surface area contributed by atoms with Crippen molar-refractivity contribution in [1.82, 2.24) is 25.3 Å². The molecule has 4 rings (SSSR count). The predicted octanol–water partition coefficient (Wildman–Crippen LogP) is 0.126. The van der Waals surface area contributed by atoms with Gasteiger partial charge in [0.05, 0.1) is 11.4 Å². The van der Waals surface area contributed by atoms with Crippen molar-refractivity contribution >= 4 is 5.71 Å². The number of nitriles is 6. The van der Waals surface area contributed by atoms with Gasteiger partial charge in [-0.05, 0) is 0 Å². The Kier molecular flexibility index (Phi) is 3.83. The lowest BCUT2D eigenvalue weighted by Crippen LogP contribution is -2.38. The maximum atomic E-state index is 9.33. The van der Waals surface area contributed by atoms with Gasteiger partial charge in [0, 0.05) is 0 Å². The molecule has 2 aliphatic rings. The molecule has 3 heterocycles. The molecule has 2 aromatic heterocycles. The molecule has 12 heteroatoms. The number of nitrogens with one attached hydrogen (secondary N) is 1. The van der Waals surface area contributed by atoms with E-state index in [1.54, 1.807) is 30.3 Å². The Morgan fingerprint density at radius 1 is 0.600 bits per heavy atom. The van der Waals surface area contributed by atoms with Crippen molar-refractivity contribution in [3.8, 4) is 47.8 Å². The van der Waals surface area contributed by atoms with Gasteiger partial charge in [-0.1, -0.05) is 0 Å². The van der Waals surface area contributed by atoms with E-state index >= 15 is 0 Å². The van der Waals surface area contributed by atoms with Gasteiger partial charge < -0.3 is 5.32 Å². The van der Waals surface area contributed by atoms with E-state index in [9.17, 15) is 31.6 Å². The monoisotopic (exact) mass is 386 g/mol. The zero-order valence-corrected chi connectivity index (χ0v) is 14.5. The van der Waals surface area contributed by atoms with Crippen LogP contribution in [0, 0.1) is 68.0 Å². The molecular formula is C18H2N12. The normalized spacial score (nSPS) is 15.1. The summed E-state index contributed by atoms with van der Waals surface area (Å²) in [5.74, 6) is 0. The molecule has 1 aliphatic carbocycles. The van der Waals surface area contributed by atoms with E-state index in [0.717, 1.165) is 0 Å². The molecule has 30 heavy (non-hydrogen) atoms. The van der Waals surface area contributed by atoms with Crippen LogP contribution in [0.2, 0.25) is 0 Å². The maximum Gasteiger partial charge on any atom is 0.177 e. The van der Waals surface area contributed by atoms with E-state index in [-0.39, 0.29) is 62.7 Å². The second kappa shape index (κ2) is 6.48. The summed E-state index contributed by atoms with van der Waals surface area (Å²) in [5.41, 5.74) is -1.07. The van der Waals surface area contributed by atoms with Gasteiger partial charge in [0.1, 0.15) is 59.5 Å². The Balaban J connectivity index is 2.15. The lowest BCUT2D eigenvalue weighted by Gasteiger charge is -2.30. The number of hydrogen-bond donors (Lipinski definition) is 1. The third-order valence-corrected chi connectivity index (χ3v) is 4.23. The van der Waals surface area contributed by atoms with Gasteiger partial charge in [-0.3, -0.25) is 0 Å². The zero-order valence-electron chi connectivity index (χ0n) is 14.5. The largest absolute Gasteiger partial charge is 0.360 e. The Hall–Kier alpha value is -5.69. The van der Waals surface area contributed by atoms with E-state index in [0.29, 0.717) is 0 Å². The Labute approximate surface area is 167 Å². The van der Waals surface area contributed by atoms with Crippen LogP contribution in [0.5, 0.6) is 0 Å². The maximum absolute atomic E-state index is 9.33. The Bertz CT molecular complexity index is 1480. The van der Waals surface area contributed by atoms with Crippen LogP contribution in [0.4, 0.5) is 0 Å². The molecule has 1 N–H and O–H groups in total. The van der Waals surface area contributed by atoms with Crippen LogP contribution in [0.3, 0.4) is 0 Å². The lowest BCUT2D eigenvalue weighted by molar-refractivity contribution is 0.707. The summed E-state index contributed by atoms with van der Waals surface area (Å²) in [7, 11) is 0. The second-order valence-electron chi connectivity index (χ2n) is 5.74. The average molecular weight is 386 g/mol. The topological polar surface area (TPSA) is 219 Å². The van der Waals surface area contributed by atoms with Crippen LogP contribution in [-0.2, 0) is 0 Å². The fourth-order valence-corrected chi connectivity index (χ4v) is 2.99. The summed E-state index contributed by atoms with van der Waals surface area (Å²) in [6.45, 7) is 0. The van der Waals surface area contributed by atoms with Crippen molar-refractivity contribution in [3.05, 3.63) is 45.6 Å². The molecule has 1 unspecified atom stereocenters. The molecule has 0 aromatic carbocycles. The van der Waals surface area contributed by atoms with Crippen LogP contribution in [0.25, 0.3) is 11.4 Å². The summed E-state index contributed by atoms with van der Waals surface area (Å²) in [6.07, 6.45) is 0. The van der Waals surface area contributed by atoms with Crippen molar-refractivity contribution in [2.75, 3.05) is 0 Å². The van der Waals surface area contributed by atoms with Gasteiger partial charge in [0.15, 0.2) is 34.2 Å². The number of hydrogen-bond acceptors (Lipinski definition) is 12. The van der Waals surface area contributed by atoms with Crippen LogP contribution < -0.4 is 5.32 Å². The zero-order chi connectivity index (χ0) is 21.4. The molecule has 0 amide bonds. The summed E-state index contributed by atoms with van der Waals surface area (Å²) in [5, 5.41) is 58.7. The highest BCUT2D eigenvalue weighted by atomic mass is 15.1. The quantitative estimate of drug-likeness (QED) is 0.640. The van der Waals surface area contributed by atoms with Gasteiger partial charge >= 0.3 is 0 Å². The SMILES string of the molecule is N#CC1=C(C#N)NC2C(=N1)c1nc(C#N)c(C#N)nc1-c1nc(C#N)c(C#N)nc12. The van der Waals surface area contributed by atoms with E-state index in [4.69, 9.17) is 0 Å². The van der Waals surface area contributed by atoms with Crippen molar-refractivity contribution in [1.29, 1.82) is 31.6 Å². The number of rotatable bonds is 0. The Morgan fingerprint density at radius 3 is 1.67 bits per heavy atom. The minimum Gasteiger partial charge on any atom is -0.360 e. The lowest BCUT2D eigenvalue weighted by atomic mass is 9.90. The molecule has 2 aromatic rings. The fraction of sp³-hybridized carbons (Fsp3) is 0.0556. The summed E-state index contributed by atoms with van der Waals surface area (Å²) in [6, 6.07) is 9.76. The van der Waals surface area contributed by atoms with Gasteiger partial charge in [-0.25, -0.2) is 24.9 Å². The van der Waals surface area contributed by atoms with Crippen molar-refractivity contribution in [2.45, 2.75) is 6.04 Å². The minimum atomic E-state index is -0.944. The first-order valence-electron chi connectivity index (χ1n) is 7.94. The first-order chi connectivity index (χ1) is 14.6. The molecule has 0 fully saturated rings. The minimum absolute atomic E-state index is 0.0172. The van der Waals surface area contributed by atoms with Crippen LogP contribution in [-0.4, -0.2) is 25.6 Å². The second-order valence-corrected chi connectivity index (χ2v) is 5.74. The fourth-order valence-electron chi connectivity index (χ4n) is 2.99. The van der Waals surface area contributed by atoms with E-state index < -0.39 is 6.04 Å². The smallest absolute Gasteiger partial charge is 0.177 e. The molecule has 134 valence electrons. The van der Waals surface area contributed by atoms with Crippen molar-refractivity contribution in [2.24, 2.45) is 4.99 Å². The van der Waals surface area contributed by atoms with Crippen LogP contribution >= 0.6 is 0 Å². The molecule has 12 nitrogen and oxygen atoms in total.